The second-order valence-corrected chi connectivity index (χ2v) is 7.58. The van der Waals surface area contributed by atoms with Crippen molar-refractivity contribution in [1.29, 1.82) is 0 Å². The maximum atomic E-state index is 13.5. The predicted octanol–water partition coefficient (Wildman–Crippen LogP) is 4.52. The summed E-state index contributed by atoms with van der Waals surface area (Å²) in [6, 6.07) is 9.42. The van der Waals surface area contributed by atoms with Crippen molar-refractivity contribution >= 4 is 35.0 Å². The smallest absolute Gasteiger partial charge is 0.335 e. The van der Waals surface area contributed by atoms with E-state index in [4.69, 9.17) is 16.3 Å². The van der Waals surface area contributed by atoms with Gasteiger partial charge >= 0.3 is 5.97 Å². The lowest BCUT2D eigenvalue weighted by Crippen LogP contribution is -2.37. The van der Waals surface area contributed by atoms with Gasteiger partial charge in [0.25, 0.3) is 0 Å². The molecule has 2 aromatic carbocycles. The van der Waals surface area contributed by atoms with Crippen LogP contribution in [0.5, 0.6) is 0 Å². The molecule has 4 rings (SSSR count). The Bertz CT molecular complexity index is 1140. The van der Waals surface area contributed by atoms with E-state index in [-0.39, 0.29) is 10.6 Å². The Hall–Kier alpha value is -3.23. The van der Waals surface area contributed by atoms with Crippen LogP contribution in [-0.2, 0) is 4.74 Å². The number of carboxylic acid groups (broad SMARTS) is 1. The summed E-state index contributed by atoms with van der Waals surface area (Å²) in [6.45, 7) is 4.26. The third-order valence-corrected chi connectivity index (χ3v) is 5.18. The molecule has 1 aliphatic rings. The number of aromatic nitrogens is 2. The van der Waals surface area contributed by atoms with Crippen molar-refractivity contribution in [2.75, 3.05) is 36.5 Å². The van der Waals surface area contributed by atoms with Gasteiger partial charge in [0.15, 0.2) is 0 Å². The molecule has 31 heavy (non-hydrogen) atoms. The number of nitrogens with one attached hydrogen (secondary N) is 1. The fourth-order valence-electron chi connectivity index (χ4n) is 3.42. The van der Waals surface area contributed by atoms with E-state index < -0.39 is 11.8 Å². The first kappa shape index (κ1) is 21.0. The average molecular weight is 443 g/mol. The van der Waals surface area contributed by atoms with E-state index in [1.165, 1.54) is 12.1 Å². The molecule has 1 aliphatic heterocycles. The molecule has 1 fully saturated rings. The first-order valence-corrected chi connectivity index (χ1v) is 10.1. The van der Waals surface area contributed by atoms with E-state index in [1.807, 2.05) is 13.0 Å². The largest absolute Gasteiger partial charge is 0.478 e. The molecule has 0 radical (unpaired) electrons. The van der Waals surface area contributed by atoms with Gasteiger partial charge in [0, 0.05) is 30.5 Å². The van der Waals surface area contributed by atoms with Gasteiger partial charge in [-0.05, 0) is 48.4 Å². The number of carbonyl (C=O) groups is 1. The van der Waals surface area contributed by atoms with Crippen LogP contribution in [0.15, 0.2) is 42.6 Å². The van der Waals surface area contributed by atoms with Gasteiger partial charge in [-0.1, -0.05) is 17.7 Å². The molecule has 1 aromatic heterocycles. The highest BCUT2D eigenvalue weighted by Crippen LogP contribution is 2.32. The number of nitrogens with zero attached hydrogens (tertiary/aromatic N) is 3. The number of hydrogen-bond donors (Lipinski definition) is 2. The molecular weight excluding hydrogens is 423 g/mol. The molecule has 0 atom stereocenters. The van der Waals surface area contributed by atoms with Gasteiger partial charge in [-0.25, -0.2) is 14.2 Å². The molecule has 3 aromatic rings. The number of aryl methyl sites for hydroxylation is 1. The van der Waals surface area contributed by atoms with Gasteiger partial charge in [0.05, 0.1) is 23.8 Å². The molecule has 0 spiro atoms. The van der Waals surface area contributed by atoms with Gasteiger partial charge in [0.1, 0.15) is 11.6 Å². The Morgan fingerprint density at radius 1 is 1.23 bits per heavy atom. The van der Waals surface area contributed by atoms with Crippen molar-refractivity contribution in [1.82, 2.24) is 9.97 Å². The third-order valence-electron chi connectivity index (χ3n) is 4.89. The van der Waals surface area contributed by atoms with Crippen molar-refractivity contribution in [3.05, 3.63) is 64.6 Å². The van der Waals surface area contributed by atoms with Crippen LogP contribution in [0.3, 0.4) is 0 Å². The zero-order chi connectivity index (χ0) is 22.0. The summed E-state index contributed by atoms with van der Waals surface area (Å²) in [5.41, 5.74) is 3.01. The summed E-state index contributed by atoms with van der Waals surface area (Å²) < 4.78 is 18.9. The SMILES string of the molecule is Cc1cc(C(=O)O)cc(-c2cnc(Nc3ccc(F)c(Cl)c3)nc2N2CCOCC2)c1. The topological polar surface area (TPSA) is 87.6 Å². The van der Waals surface area contributed by atoms with Gasteiger partial charge < -0.3 is 20.1 Å². The minimum atomic E-state index is -0.995. The number of benzene rings is 2. The second-order valence-electron chi connectivity index (χ2n) is 7.18. The summed E-state index contributed by atoms with van der Waals surface area (Å²) in [5, 5.41) is 12.5. The molecule has 7 nitrogen and oxygen atoms in total. The van der Waals surface area contributed by atoms with Gasteiger partial charge in [-0.15, -0.1) is 0 Å². The van der Waals surface area contributed by atoms with Crippen molar-refractivity contribution in [2.24, 2.45) is 0 Å². The highest BCUT2D eigenvalue weighted by Gasteiger charge is 2.20. The number of ether oxygens (including phenoxy) is 1. The molecule has 2 N–H and O–H groups in total. The molecule has 1 saturated heterocycles. The maximum Gasteiger partial charge on any atom is 0.335 e. The molecule has 2 heterocycles. The van der Waals surface area contributed by atoms with Gasteiger partial charge in [0.2, 0.25) is 5.95 Å². The first-order valence-electron chi connectivity index (χ1n) is 9.68. The quantitative estimate of drug-likeness (QED) is 0.600. The predicted molar refractivity (Wildman–Crippen MR) is 117 cm³/mol. The molecule has 0 saturated carbocycles. The van der Waals surface area contributed by atoms with Crippen molar-refractivity contribution < 1.29 is 19.0 Å². The monoisotopic (exact) mass is 442 g/mol. The minimum absolute atomic E-state index is 0.00372. The van der Waals surface area contributed by atoms with Gasteiger partial charge in [-0.3, -0.25) is 0 Å². The van der Waals surface area contributed by atoms with Crippen LogP contribution in [0.1, 0.15) is 15.9 Å². The Kier molecular flexibility index (Phi) is 6.01. The fourth-order valence-corrected chi connectivity index (χ4v) is 3.60. The Labute approximate surface area is 183 Å². The Morgan fingerprint density at radius 2 is 2.00 bits per heavy atom. The van der Waals surface area contributed by atoms with Crippen molar-refractivity contribution in [3.63, 3.8) is 0 Å². The number of morpholine rings is 1. The maximum absolute atomic E-state index is 13.5. The van der Waals surface area contributed by atoms with Crippen LogP contribution in [0.4, 0.5) is 21.8 Å². The van der Waals surface area contributed by atoms with E-state index >= 15 is 0 Å². The molecule has 0 aliphatic carbocycles. The highest BCUT2D eigenvalue weighted by molar-refractivity contribution is 6.31. The lowest BCUT2D eigenvalue weighted by Gasteiger charge is -2.29. The van der Waals surface area contributed by atoms with E-state index in [0.29, 0.717) is 43.8 Å². The van der Waals surface area contributed by atoms with Crippen LogP contribution >= 0.6 is 11.6 Å². The molecule has 0 bridgehead atoms. The van der Waals surface area contributed by atoms with Crippen LogP contribution in [0.2, 0.25) is 5.02 Å². The zero-order valence-electron chi connectivity index (χ0n) is 16.7. The number of anilines is 3. The van der Waals surface area contributed by atoms with Crippen LogP contribution in [-0.4, -0.2) is 47.3 Å². The minimum Gasteiger partial charge on any atom is -0.478 e. The second kappa shape index (κ2) is 8.87. The van der Waals surface area contributed by atoms with E-state index in [0.717, 1.165) is 16.7 Å². The summed E-state index contributed by atoms with van der Waals surface area (Å²) in [7, 11) is 0. The third kappa shape index (κ3) is 4.76. The average Bonchev–Trinajstić information content (AvgIpc) is 2.76. The highest BCUT2D eigenvalue weighted by atomic mass is 35.5. The number of aromatic carboxylic acids is 1. The Balaban J connectivity index is 1.76. The summed E-state index contributed by atoms with van der Waals surface area (Å²) in [5.74, 6) is -0.522. The molecule has 0 unspecified atom stereocenters. The molecule has 0 amide bonds. The zero-order valence-corrected chi connectivity index (χ0v) is 17.5. The number of rotatable bonds is 5. The van der Waals surface area contributed by atoms with Crippen molar-refractivity contribution in [3.8, 4) is 11.1 Å². The van der Waals surface area contributed by atoms with E-state index in [2.05, 4.69) is 20.2 Å². The number of hydrogen-bond acceptors (Lipinski definition) is 6. The van der Waals surface area contributed by atoms with Crippen molar-refractivity contribution in [2.45, 2.75) is 6.92 Å². The van der Waals surface area contributed by atoms with Crippen LogP contribution in [0.25, 0.3) is 11.1 Å². The number of carboxylic acids is 1. The summed E-state index contributed by atoms with van der Waals surface area (Å²) in [4.78, 5) is 22.7. The van der Waals surface area contributed by atoms with Crippen LogP contribution < -0.4 is 10.2 Å². The molecule has 160 valence electrons. The van der Waals surface area contributed by atoms with E-state index in [9.17, 15) is 14.3 Å². The summed E-state index contributed by atoms with van der Waals surface area (Å²) in [6.07, 6.45) is 1.66. The summed E-state index contributed by atoms with van der Waals surface area (Å²) >= 11 is 5.87. The lowest BCUT2D eigenvalue weighted by atomic mass is 10.0. The van der Waals surface area contributed by atoms with Gasteiger partial charge in [-0.2, -0.15) is 4.98 Å². The van der Waals surface area contributed by atoms with Crippen LogP contribution in [0, 0.1) is 12.7 Å². The molecular formula is C22H20ClFN4O3. The standard InChI is InChI=1S/C22H20ClFN4O3/c1-13-8-14(10-15(9-13)21(29)30)17-12-25-22(26-16-2-3-19(24)18(23)11-16)27-20(17)28-4-6-31-7-5-28/h2-3,8-12H,4-7H2,1H3,(H,29,30)(H,25,26,27). The number of halogens is 2. The normalized spacial score (nSPS) is 13.8. The van der Waals surface area contributed by atoms with E-state index in [1.54, 1.807) is 24.4 Å². The first-order chi connectivity index (χ1) is 14.9. The fraction of sp³-hybridized carbons (Fsp3) is 0.227. The Morgan fingerprint density at radius 3 is 2.71 bits per heavy atom. The lowest BCUT2D eigenvalue weighted by molar-refractivity contribution is 0.0697. The molecule has 9 heteroatoms.